The number of nitrogens with one attached hydrogen (secondary N) is 1. The zero-order valence-electron chi connectivity index (χ0n) is 14.6. The zero-order valence-corrected chi connectivity index (χ0v) is 14.6. The first-order valence-electron chi connectivity index (χ1n) is 8.54. The van der Waals surface area contributed by atoms with Gasteiger partial charge in [-0.25, -0.2) is 9.18 Å². The molecule has 4 rings (SSSR count). The van der Waals surface area contributed by atoms with Crippen LogP contribution in [0.1, 0.15) is 15.9 Å². The Morgan fingerprint density at radius 1 is 1.07 bits per heavy atom. The SMILES string of the molecule is O=C(C=Cc1ccc(F)cc1)c1cccc(-n2c(-c3ccco3)c[nH]c2=O)c1. The average Bonchev–Trinajstić information content (AvgIpc) is 3.37. The number of ketones is 1. The third-order valence-corrected chi connectivity index (χ3v) is 4.24. The number of halogens is 1. The van der Waals surface area contributed by atoms with Gasteiger partial charge >= 0.3 is 5.69 Å². The van der Waals surface area contributed by atoms with Crippen molar-refractivity contribution in [3.8, 4) is 17.1 Å². The van der Waals surface area contributed by atoms with Crippen LogP contribution in [0.5, 0.6) is 0 Å². The van der Waals surface area contributed by atoms with Crippen LogP contribution in [0.2, 0.25) is 0 Å². The fourth-order valence-electron chi connectivity index (χ4n) is 2.87. The molecule has 0 saturated heterocycles. The summed E-state index contributed by atoms with van der Waals surface area (Å²) in [6, 6.07) is 16.1. The van der Waals surface area contributed by atoms with Crippen LogP contribution in [-0.4, -0.2) is 15.3 Å². The number of benzene rings is 2. The zero-order chi connectivity index (χ0) is 19.5. The Hall–Kier alpha value is -3.93. The number of carbonyl (C=O) groups is 1. The molecule has 2 aromatic heterocycles. The van der Waals surface area contributed by atoms with Crippen molar-refractivity contribution < 1.29 is 13.6 Å². The van der Waals surface area contributed by atoms with E-state index in [1.807, 2.05) is 0 Å². The van der Waals surface area contributed by atoms with Crippen LogP contribution in [0, 0.1) is 5.82 Å². The number of nitrogens with zero attached hydrogens (tertiary/aromatic N) is 1. The van der Waals surface area contributed by atoms with Gasteiger partial charge in [0.05, 0.1) is 12.0 Å². The first kappa shape index (κ1) is 17.5. The van der Waals surface area contributed by atoms with Crippen molar-refractivity contribution in [2.75, 3.05) is 0 Å². The molecule has 28 heavy (non-hydrogen) atoms. The van der Waals surface area contributed by atoms with Crippen LogP contribution in [0.15, 0.2) is 88.4 Å². The third kappa shape index (κ3) is 3.48. The molecule has 0 spiro atoms. The van der Waals surface area contributed by atoms with Gasteiger partial charge in [-0.15, -0.1) is 0 Å². The minimum Gasteiger partial charge on any atom is -0.463 e. The van der Waals surface area contributed by atoms with Gasteiger partial charge in [0.25, 0.3) is 0 Å². The maximum atomic E-state index is 13.0. The largest absolute Gasteiger partial charge is 0.463 e. The van der Waals surface area contributed by atoms with E-state index in [2.05, 4.69) is 4.98 Å². The maximum absolute atomic E-state index is 13.0. The minimum absolute atomic E-state index is 0.227. The number of furan rings is 1. The molecule has 4 aromatic rings. The Balaban J connectivity index is 1.66. The summed E-state index contributed by atoms with van der Waals surface area (Å²) in [6.45, 7) is 0. The summed E-state index contributed by atoms with van der Waals surface area (Å²) in [5, 5.41) is 0. The molecule has 1 N–H and O–H groups in total. The van der Waals surface area contributed by atoms with Gasteiger partial charge in [0.1, 0.15) is 11.5 Å². The number of hydrogen-bond donors (Lipinski definition) is 1. The summed E-state index contributed by atoms with van der Waals surface area (Å²) in [4.78, 5) is 27.5. The number of hydrogen-bond acceptors (Lipinski definition) is 3. The van der Waals surface area contributed by atoms with Crippen LogP contribution < -0.4 is 5.69 Å². The van der Waals surface area contributed by atoms with E-state index >= 15 is 0 Å². The molecular formula is C22H15FN2O3. The summed E-state index contributed by atoms with van der Waals surface area (Å²) >= 11 is 0. The molecule has 138 valence electrons. The quantitative estimate of drug-likeness (QED) is 0.414. The minimum atomic E-state index is -0.335. The normalized spacial score (nSPS) is 11.2. The van der Waals surface area contributed by atoms with Crippen molar-refractivity contribution >= 4 is 11.9 Å². The maximum Gasteiger partial charge on any atom is 0.330 e. The van der Waals surface area contributed by atoms with Crippen LogP contribution >= 0.6 is 0 Å². The predicted molar refractivity (Wildman–Crippen MR) is 104 cm³/mol. The summed E-state index contributed by atoms with van der Waals surface area (Å²) < 4.78 is 19.8. The molecule has 0 radical (unpaired) electrons. The highest BCUT2D eigenvalue weighted by atomic mass is 19.1. The molecule has 0 fully saturated rings. The van der Waals surface area contributed by atoms with Gasteiger partial charge in [-0.3, -0.25) is 9.36 Å². The number of H-pyrrole nitrogens is 1. The van der Waals surface area contributed by atoms with E-state index in [0.29, 0.717) is 28.3 Å². The van der Waals surface area contributed by atoms with E-state index in [0.717, 1.165) is 0 Å². The van der Waals surface area contributed by atoms with Gasteiger partial charge in [0.2, 0.25) is 0 Å². The van der Waals surface area contributed by atoms with Crippen molar-refractivity contribution in [3.63, 3.8) is 0 Å². The van der Waals surface area contributed by atoms with E-state index in [1.165, 1.54) is 29.0 Å². The molecule has 0 aliphatic carbocycles. The second-order valence-corrected chi connectivity index (χ2v) is 6.09. The molecule has 0 unspecified atom stereocenters. The Bertz CT molecular complexity index is 1200. The molecule has 0 amide bonds. The van der Waals surface area contributed by atoms with Crippen molar-refractivity contribution in [2.45, 2.75) is 0 Å². The lowest BCUT2D eigenvalue weighted by Gasteiger charge is -2.07. The first-order chi connectivity index (χ1) is 13.6. The first-order valence-corrected chi connectivity index (χ1v) is 8.54. The lowest BCUT2D eigenvalue weighted by molar-refractivity contribution is 0.104. The molecule has 0 saturated carbocycles. The van der Waals surface area contributed by atoms with E-state index in [9.17, 15) is 14.0 Å². The van der Waals surface area contributed by atoms with Gasteiger partial charge < -0.3 is 9.40 Å². The van der Waals surface area contributed by atoms with Gasteiger partial charge in [0.15, 0.2) is 11.5 Å². The molecule has 5 nitrogen and oxygen atoms in total. The van der Waals surface area contributed by atoms with Crippen molar-refractivity contribution in [1.82, 2.24) is 9.55 Å². The lowest BCUT2D eigenvalue weighted by Crippen LogP contribution is -2.16. The van der Waals surface area contributed by atoms with E-state index in [-0.39, 0.29) is 17.3 Å². The highest BCUT2D eigenvalue weighted by molar-refractivity contribution is 6.07. The fraction of sp³-hybridized carbons (Fsp3) is 0. The molecule has 2 heterocycles. The lowest BCUT2D eigenvalue weighted by atomic mass is 10.1. The van der Waals surface area contributed by atoms with Gasteiger partial charge in [0, 0.05) is 11.8 Å². The summed E-state index contributed by atoms with van der Waals surface area (Å²) in [5.74, 6) is -0.0268. The molecular weight excluding hydrogens is 359 g/mol. The smallest absolute Gasteiger partial charge is 0.330 e. The Kier molecular flexibility index (Phi) is 4.60. The number of aromatic nitrogens is 2. The monoisotopic (exact) mass is 374 g/mol. The van der Waals surface area contributed by atoms with Gasteiger partial charge in [-0.1, -0.05) is 30.3 Å². The second-order valence-electron chi connectivity index (χ2n) is 6.09. The Morgan fingerprint density at radius 2 is 1.89 bits per heavy atom. The summed E-state index contributed by atoms with van der Waals surface area (Å²) in [6.07, 6.45) is 6.12. The molecule has 6 heteroatoms. The predicted octanol–water partition coefficient (Wildman–Crippen LogP) is 4.46. The summed E-state index contributed by atoms with van der Waals surface area (Å²) in [5.41, 5.74) is 1.90. The van der Waals surface area contributed by atoms with Crippen LogP contribution in [-0.2, 0) is 0 Å². The van der Waals surface area contributed by atoms with Crippen molar-refractivity contribution in [2.24, 2.45) is 0 Å². The van der Waals surface area contributed by atoms with E-state index < -0.39 is 0 Å². The van der Waals surface area contributed by atoms with Crippen molar-refractivity contribution in [1.29, 1.82) is 0 Å². The third-order valence-electron chi connectivity index (χ3n) is 4.24. The van der Waals surface area contributed by atoms with E-state index in [4.69, 9.17) is 4.42 Å². The summed E-state index contributed by atoms with van der Waals surface area (Å²) in [7, 11) is 0. The van der Waals surface area contributed by atoms with Crippen LogP contribution in [0.3, 0.4) is 0 Å². The van der Waals surface area contributed by atoms with Crippen molar-refractivity contribution in [3.05, 3.63) is 107 Å². The second kappa shape index (κ2) is 7.36. The topological polar surface area (TPSA) is 68.0 Å². The van der Waals surface area contributed by atoms with Gasteiger partial charge in [-0.2, -0.15) is 0 Å². The number of aromatic amines is 1. The molecule has 0 bridgehead atoms. The number of rotatable bonds is 5. The van der Waals surface area contributed by atoms with E-state index in [1.54, 1.807) is 60.8 Å². The molecule has 2 aromatic carbocycles. The Morgan fingerprint density at radius 3 is 2.64 bits per heavy atom. The van der Waals surface area contributed by atoms with Crippen LogP contribution in [0.25, 0.3) is 23.2 Å². The van der Waals surface area contributed by atoms with Gasteiger partial charge in [-0.05, 0) is 48.0 Å². The standard InChI is InChI=1S/C22H15FN2O3/c23-17-9-6-15(7-10-17)8-11-20(26)16-3-1-4-18(13-16)25-19(14-24-22(25)27)21-5-2-12-28-21/h1-14H,(H,24,27). The number of allylic oxidation sites excluding steroid dienone is 1. The average molecular weight is 374 g/mol. The molecule has 0 aliphatic heterocycles. The number of carbonyl (C=O) groups excluding carboxylic acids is 1. The fourth-order valence-corrected chi connectivity index (χ4v) is 2.87. The Labute approximate surface area is 159 Å². The molecule has 0 aliphatic rings. The van der Waals surface area contributed by atoms with Crippen LogP contribution in [0.4, 0.5) is 4.39 Å². The highest BCUT2D eigenvalue weighted by Gasteiger charge is 2.14. The highest BCUT2D eigenvalue weighted by Crippen LogP contribution is 2.22. The molecule has 0 atom stereocenters. The number of imidazole rings is 1.